The van der Waals surface area contributed by atoms with E-state index in [-0.39, 0.29) is 32.1 Å². The molecule has 1 fully saturated rings. The third-order valence-corrected chi connectivity index (χ3v) is 3.58. The fourth-order valence-electron chi connectivity index (χ4n) is 2.31. The molecule has 0 aromatic heterocycles. The highest BCUT2D eigenvalue weighted by Gasteiger charge is 2.34. The maximum atomic E-state index is 11.8. The van der Waals surface area contributed by atoms with Crippen LogP contribution in [0.4, 0.5) is 9.59 Å². The molecule has 1 aliphatic heterocycles. The van der Waals surface area contributed by atoms with Gasteiger partial charge in [0, 0.05) is 6.61 Å². The molecule has 0 aliphatic carbocycles. The van der Waals surface area contributed by atoms with Gasteiger partial charge in [-0.3, -0.25) is 0 Å². The van der Waals surface area contributed by atoms with E-state index in [4.69, 9.17) is 18.9 Å². The molecule has 0 spiro atoms. The second-order valence-electron chi connectivity index (χ2n) is 5.49. The number of hydrogen-bond donors (Lipinski definition) is 2. The largest absolute Gasteiger partial charge is 0.445 e. The molecule has 1 aromatic carbocycles. The summed E-state index contributed by atoms with van der Waals surface area (Å²) < 4.78 is 21.0. The molecule has 2 amide bonds. The van der Waals surface area contributed by atoms with E-state index in [1.54, 1.807) is 6.92 Å². The fraction of sp³-hybridized carbons (Fsp3) is 0.529. The summed E-state index contributed by atoms with van der Waals surface area (Å²) in [6, 6.07) is 8.98. The van der Waals surface area contributed by atoms with Crippen LogP contribution >= 0.6 is 0 Å². The van der Waals surface area contributed by atoms with Crippen LogP contribution in [0.25, 0.3) is 0 Å². The lowest BCUT2D eigenvalue weighted by atomic mass is 10.2. The summed E-state index contributed by atoms with van der Waals surface area (Å²) in [7, 11) is 0. The fourth-order valence-corrected chi connectivity index (χ4v) is 2.31. The van der Waals surface area contributed by atoms with Crippen LogP contribution in [-0.4, -0.2) is 50.4 Å². The van der Waals surface area contributed by atoms with Gasteiger partial charge in [-0.2, -0.15) is 0 Å². The molecule has 3 atom stereocenters. The monoisotopic (exact) mass is 352 g/mol. The minimum Gasteiger partial charge on any atom is -0.445 e. The molecule has 1 unspecified atom stereocenters. The molecule has 2 rings (SSSR count). The van der Waals surface area contributed by atoms with Crippen molar-refractivity contribution in [1.82, 2.24) is 10.6 Å². The molecule has 0 bridgehead atoms. The van der Waals surface area contributed by atoms with Gasteiger partial charge in [-0.25, -0.2) is 9.59 Å². The Kier molecular flexibility index (Phi) is 7.49. The number of rotatable bonds is 9. The van der Waals surface area contributed by atoms with Gasteiger partial charge in [0.2, 0.25) is 0 Å². The number of carbonyl (C=O) groups is 2. The lowest BCUT2D eigenvalue weighted by Crippen LogP contribution is -2.43. The number of amides is 2. The molecule has 0 saturated carbocycles. The number of carbonyl (C=O) groups excluding carboxylic acids is 2. The quantitative estimate of drug-likeness (QED) is 0.658. The molecule has 138 valence electrons. The molecule has 8 heteroatoms. The van der Waals surface area contributed by atoms with E-state index in [2.05, 4.69) is 10.6 Å². The van der Waals surface area contributed by atoms with Gasteiger partial charge in [-0.1, -0.05) is 30.3 Å². The van der Waals surface area contributed by atoms with Crippen LogP contribution in [0.3, 0.4) is 0 Å². The van der Waals surface area contributed by atoms with Crippen molar-refractivity contribution in [1.29, 1.82) is 0 Å². The molecule has 1 saturated heterocycles. The molecule has 1 aromatic rings. The molecule has 2 N–H and O–H groups in total. The van der Waals surface area contributed by atoms with Crippen molar-refractivity contribution in [2.45, 2.75) is 38.9 Å². The van der Waals surface area contributed by atoms with E-state index in [0.29, 0.717) is 6.61 Å². The van der Waals surface area contributed by atoms with Gasteiger partial charge in [-0.15, -0.1) is 0 Å². The summed E-state index contributed by atoms with van der Waals surface area (Å²) in [5.41, 5.74) is 0.891. The Bertz CT molecular complexity index is 553. The zero-order valence-corrected chi connectivity index (χ0v) is 14.4. The van der Waals surface area contributed by atoms with Gasteiger partial charge < -0.3 is 29.6 Å². The maximum absolute atomic E-state index is 11.8. The normalized spacial score (nSPS) is 20.5. The third kappa shape index (κ3) is 6.60. The highest BCUT2D eigenvalue weighted by atomic mass is 16.7. The minimum atomic E-state index is -0.575. The van der Waals surface area contributed by atoms with Crippen molar-refractivity contribution >= 4 is 12.2 Å². The highest BCUT2D eigenvalue weighted by molar-refractivity contribution is 5.71. The van der Waals surface area contributed by atoms with Crippen LogP contribution in [0, 0.1) is 0 Å². The van der Waals surface area contributed by atoms with Gasteiger partial charge >= 0.3 is 12.2 Å². The van der Waals surface area contributed by atoms with Gasteiger partial charge in [0.25, 0.3) is 0 Å². The van der Waals surface area contributed by atoms with Crippen LogP contribution in [0.15, 0.2) is 30.3 Å². The van der Waals surface area contributed by atoms with Gasteiger partial charge in [0.05, 0.1) is 19.2 Å². The Morgan fingerprint density at radius 3 is 2.80 bits per heavy atom. The second kappa shape index (κ2) is 9.85. The summed E-state index contributed by atoms with van der Waals surface area (Å²) in [6.45, 7) is 4.70. The third-order valence-electron chi connectivity index (χ3n) is 3.58. The first kappa shape index (κ1) is 19.0. The number of benzene rings is 1. The molecular weight excluding hydrogens is 328 g/mol. The predicted molar refractivity (Wildman–Crippen MR) is 88.9 cm³/mol. The first-order valence-electron chi connectivity index (χ1n) is 8.23. The lowest BCUT2D eigenvalue weighted by molar-refractivity contribution is -0.132. The zero-order chi connectivity index (χ0) is 18.1. The Balaban J connectivity index is 1.71. The first-order chi connectivity index (χ1) is 12.1. The Morgan fingerprint density at radius 2 is 2.08 bits per heavy atom. The second-order valence-corrected chi connectivity index (χ2v) is 5.49. The topological polar surface area (TPSA) is 95.1 Å². The Labute approximate surface area is 146 Å². The van der Waals surface area contributed by atoms with Crippen molar-refractivity contribution in [2.24, 2.45) is 0 Å². The molecular formula is C17H24N2O6. The van der Waals surface area contributed by atoms with E-state index in [1.807, 2.05) is 37.3 Å². The smallest absolute Gasteiger partial charge is 0.407 e. The molecule has 1 heterocycles. The van der Waals surface area contributed by atoms with E-state index < -0.39 is 18.3 Å². The van der Waals surface area contributed by atoms with Crippen molar-refractivity contribution in [3.8, 4) is 0 Å². The van der Waals surface area contributed by atoms with E-state index in [1.165, 1.54) is 0 Å². The molecule has 25 heavy (non-hydrogen) atoms. The van der Waals surface area contributed by atoms with Gasteiger partial charge in [0.1, 0.15) is 12.7 Å². The van der Waals surface area contributed by atoms with Gasteiger partial charge in [0.15, 0.2) is 6.29 Å². The van der Waals surface area contributed by atoms with Crippen molar-refractivity contribution < 1.29 is 28.5 Å². The standard InChI is InChI=1S/C17H24N2O6/c1-3-22-12(2)23-11-14-15(25-17(21)19-14)9-18-16(20)24-10-13-7-5-4-6-8-13/h4-8,12,14-15H,3,9-11H2,1-2H3,(H,18,20)(H,19,21)/t12?,14-,15-/m1/s1. The van der Waals surface area contributed by atoms with Crippen LogP contribution in [0.5, 0.6) is 0 Å². The first-order valence-corrected chi connectivity index (χ1v) is 8.23. The molecule has 1 aliphatic rings. The van der Waals surface area contributed by atoms with E-state index in [0.717, 1.165) is 5.56 Å². The number of alkyl carbamates (subject to hydrolysis) is 2. The summed E-state index contributed by atoms with van der Waals surface area (Å²) >= 11 is 0. The number of hydrogen-bond acceptors (Lipinski definition) is 6. The predicted octanol–water partition coefficient (Wildman–Crippen LogP) is 1.79. The highest BCUT2D eigenvalue weighted by Crippen LogP contribution is 2.10. The number of cyclic esters (lactones) is 1. The van der Waals surface area contributed by atoms with Gasteiger partial charge in [-0.05, 0) is 19.4 Å². The van der Waals surface area contributed by atoms with Crippen LogP contribution in [0.2, 0.25) is 0 Å². The minimum absolute atomic E-state index is 0.128. The number of ether oxygens (including phenoxy) is 4. The number of nitrogens with one attached hydrogen (secondary N) is 2. The van der Waals surface area contributed by atoms with Crippen LogP contribution in [-0.2, 0) is 25.6 Å². The average molecular weight is 352 g/mol. The van der Waals surface area contributed by atoms with Crippen molar-refractivity contribution in [2.75, 3.05) is 19.8 Å². The van der Waals surface area contributed by atoms with Crippen LogP contribution in [0.1, 0.15) is 19.4 Å². The average Bonchev–Trinajstić information content (AvgIpc) is 2.97. The summed E-state index contributed by atoms with van der Waals surface area (Å²) in [5, 5.41) is 5.24. The van der Waals surface area contributed by atoms with Crippen LogP contribution < -0.4 is 10.6 Å². The molecule has 0 radical (unpaired) electrons. The SMILES string of the molecule is CCOC(C)OC[C@H]1NC(=O)O[C@@H]1CNC(=O)OCc1ccccc1. The summed E-state index contributed by atoms with van der Waals surface area (Å²) in [4.78, 5) is 23.2. The van der Waals surface area contributed by atoms with E-state index >= 15 is 0 Å². The van der Waals surface area contributed by atoms with Crippen molar-refractivity contribution in [3.05, 3.63) is 35.9 Å². The Morgan fingerprint density at radius 1 is 1.32 bits per heavy atom. The lowest BCUT2D eigenvalue weighted by Gasteiger charge is -2.20. The molecule has 8 nitrogen and oxygen atoms in total. The maximum Gasteiger partial charge on any atom is 0.407 e. The summed E-state index contributed by atoms with van der Waals surface area (Å²) in [5.74, 6) is 0. The summed E-state index contributed by atoms with van der Waals surface area (Å²) in [6.07, 6.45) is -2.03. The van der Waals surface area contributed by atoms with Crippen molar-refractivity contribution in [3.63, 3.8) is 0 Å². The Hall–Kier alpha value is -2.32. The zero-order valence-electron chi connectivity index (χ0n) is 14.4. The van der Waals surface area contributed by atoms with E-state index in [9.17, 15) is 9.59 Å².